The number of aromatic nitrogens is 2. The Morgan fingerprint density at radius 2 is 2.44 bits per heavy atom. The fraction of sp³-hybridized carbons (Fsp3) is 0.545. The highest BCUT2D eigenvalue weighted by atomic mass is 16.5. The second-order valence-electron chi connectivity index (χ2n) is 4.28. The van der Waals surface area contributed by atoms with E-state index in [1.54, 1.807) is 6.07 Å². The number of carboxylic acid groups (broad SMARTS) is 1. The lowest BCUT2D eigenvalue weighted by Gasteiger charge is -2.20. The van der Waals surface area contributed by atoms with Gasteiger partial charge in [0.25, 0.3) is 0 Å². The molecule has 7 nitrogen and oxygen atoms in total. The molecule has 1 fully saturated rings. The van der Waals surface area contributed by atoms with Crippen molar-refractivity contribution in [2.45, 2.75) is 18.9 Å². The number of anilines is 1. The molecule has 98 valence electrons. The number of carboxylic acids is 1. The Labute approximate surface area is 105 Å². The second-order valence-corrected chi connectivity index (χ2v) is 4.28. The van der Waals surface area contributed by atoms with Crippen LogP contribution in [0.4, 0.5) is 5.82 Å². The zero-order valence-electron chi connectivity index (χ0n) is 10.2. The van der Waals surface area contributed by atoms with Crippen LogP contribution in [0.3, 0.4) is 0 Å². The molecule has 0 spiro atoms. The summed E-state index contributed by atoms with van der Waals surface area (Å²) in [5, 5.41) is 9.07. The predicted molar refractivity (Wildman–Crippen MR) is 64.6 cm³/mol. The van der Waals surface area contributed by atoms with E-state index < -0.39 is 11.5 Å². The molecule has 0 radical (unpaired) electrons. The van der Waals surface area contributed by atoms with Crippen molar-refractivity contribution in [2.75, 3.05) is 24.6 Å². The van der Waals surface area contributed by atoms with E-state index in [0.29, 0.717) is 31.3 Å². The summed E-state index contributed by atoms with van der Waals surface area (Å²) < 4.78 is 5.28. The maximum Gasteiger partial charge on any atom is 0.325 e. The van der Waals surface area contributed by atoms with Crippen molar-refractivity contribution < 1.29 is 14.6 Å². The molecule has 0 amide bonds. The summed E-state index contributed by atoms with van der Waals surface area (Å²) in [6.07, 6.45) is 1.80. The van der Waals surface area contributed by atoms with Gasteiger partial charge < -0.3 is 20.5 Å². The van der Waals surface area contributed by atoms with Crippen molar-refractivity contribution in [2.24, 2.45) is 5.73 Å². The highest BCUT2D eigenvalue weighted by molar-refractivity contribution is 5.80. The number of hydrogen-bond donors (Lipinski definition) is 2. The topological polar surface area (TPSA) is 102 Å². The maximum atomic E-state index is 11.1. The van der Waals surface area contributed by atoms with Gasteiger partial charge in [0.05, 0.1) is 6.61 Å². The summed E-state index contributed by atoms with van der Waals surface area (Å²) in [5.41, 5.74) is 4.61. The van der Waals surface area contributed by atoms with Gasteiger partial charge in [-0.2, -0.15) is 0 Å². The molecule has 0 saturated carbocycles. The smallest absolute Gasteiger partial charge is 0.325 e. The summed E-state index contributed by atoms with van der Waals surface area (Å²) in [6, 6.07) is 1.69. The molecule has 1 aliphatic rings. The first kappa shape index (κ1) is 12.6. The quantitative estimate of drug-likeness (QED) is 0.769. The van der Waals surface area contributed by atoms with Crippen LogP contribution in [-0.4, -0.2) is 46.3 Å². The normalized spacial score (nSPS) is 23.1. The fourth-order valence-electron chi connectivity index (χ4n) is 1.93. The van der Waals surface area contributed by atoms with Gasteiger partial charge in [-0.3, -0.25) is 4.79 Å². The number of rotatable bonds is 4. The van der Waals surface area contributed by atoms with Crippen LogP contribution < -0.4 is 15.4 Å². The third kappa shape index (κ3) is 2.35. The van der Waals surface area contributed by atoms with E-state index in [-0.39, 0.29) is 6.54 Å². The maximum absolute atomic E-state index is 11.1. The SMILES string of the molecule is CCOc1cc(N2CCC(N)(C(=O)O)C2)ncn1. The highest BCUT2D eigenvalue weighted by Gasteiger charge is 2.41. The second kappa shape index (κ2) is 4.77. The van der Waals surface area contributed by atoms with Crippen molar-refractivity contribution in [1.29, 1.82) is 0 Å². The molecule has 7 heteroatoms. The molecular formula is C11H16N4O3. The van der Waals surface area contributed by atoms with Gasteiger partial charge in [0.15, 0.2) is 0 Å². The lowest BCUT2D eigenvalue weighted by Crippen LogP contribution is -2.50. The van der Waals surface area contributed by atoms with Crippen molar-refractivity contribution in [3.05, 3.63) is 12.4 Å². The van der Waals surface area contributed by atoms with Crippen LogP contribution in [0.25, 0.3) is 0 Å². The standard InChI is InChI=1S/C11H16N4O3/c1-2-18-9-5-8(13-7-14-9)15-4-3-11(12,6-15)10(16)17/h5,7H,2-4,6,12H2,1H3,(H,16,17). The summed E-state index contributed by atoms with van der Waals surface area (Å²) in [7, 11) is 0. The number of hydrogen-bond acceptors (Lipinski definition) is 6. The number of nitrogens with zero attached hydrogens (tertiary/aromatic N) is 3. The predicted octanol–water partition coefficient (Wildman–Crippen LogP) is -0.132. The van der Waals surface area contributed by atoms with Crippen molar-refractivity contribution in [3.63, 3.8) is 0 Å². The van der Waals surface area contributed by atoms with Crippen LogP contribution in [0.2, 0.25) is 0 Å². The zero-order chi connectivity index (χ0) is 13.2. The lowest BCUT2D eigenvalue weighted by molar-refractivity contribution is -0.142. The van der Waals surface area contributed by atoms with E-state index in [2.05, 4.69) is 9.97 Å². The van der Waals surface area contributed by atoms with Gasteiger partial charge in [-0.05, 0) is 13.3 Å². The molecule has 1 unspecified atom stereocenters. The monoisotopic (exact) mass is 252 g/mol. The number of aliphatic carboxylic acids is 1. The first-order chi connectivity index (χ1) is 8.55. The minimum atomic E-state index is -1.20. The van der Waals surface area contributed by atoms with Gasteiger partial charge in [0.2, 0.25) is 5.88 Å². The Hall–Kier alpha value is -1.89. The van der Waals surface area contributed by atoms with Gasteiger partial charge in [0, 0.05) is 19.2 Å². The summed E-state index contributed by atoms with van der Waals surface area (Å²) >= 11 is 0. The molecule has 0 aromatic carbocycles. The van der Waals surface area contributed by atoms with Crippen molar-refractivity contribution in [1.82, 2.24) is 9.97 Å². The summed E-state index contributed by atoms with van der Waals surface area (Å²) in [6.45, 7) is 3.19. The van der Waals surface area contributed by atoms with Gasteiger partial charge in [-0.15, -0.1) is 0 Å². The third-order valence-electron chi connectivity index (χ3n) is 2.97. The molecule has 0 aliphatic carbocycles. The van der Waals surface area contributed by atoms with Crippen LogP contribution in [0.5, 0.6) is 5.88 Å². The molecule has 3 N–H and O–H groups in total. The number of nitrogens with two attached hydrogens (primary N) is 1. The van der Waals surface area contributed by atoms with Gasteiger partial charge in [-0.25, -0.2) is 9.97 Å². The Morgan fingerprint density at radius 3 is 3.06 bits per heavy atom. The average molecular weight is 252 g/mol. The third-order valence-corrected chi connectivity index (χ3v) is 2.97. The van der Waals surface area contributed by atoms with Gasteiger partial charge >= 0.3 is 5.97 Å². The molecule has 2 heterocycles. The average Bonchev–Trinajstić information content (AvgIpc) is 2.74. The molecule has 1 aromatic heterocycles. The van der Waals surface area contributed by atoms with Crippen LogP contribution in [0.1, 0.15) is 13.3 Å². The molecule has 1 aromatic rings. The van der Waals surface area contributed by atoms with Crippen LogP contribution >= 0.6 is 0 Å². The largest absolute Gasteiger partial charge is 0.480 e. The van der Waals surface area contributed by atoms with Crippen LogP contribution in [-0.2, 0) is 4.79 Å². The molecule has 18 heavy (non-hydrogen) atoms. The number of ether oxygens (including phenoxy) is 1. The molecular weight excluding hydrogens is 236 g/mol. The summed E-state index contributed by atoms with van der Waals surface area (Å²) in [5.74, 6) is 0.137. The highest BCUT2D eigenvalue weighted by Crippen LogP contribution is 2.25. The van der Waals surface area contributed by atoms with E-state index in [9.17, 15) is 4.79 Å². The van der Waals surface area contributed by atoms with Crippen molar-refractivity contribution in [3.8, 4) is 5.88 Å². The molecule has 1 saturated heterocycles. The van der Waals surface area contributed by atoms with Gasteiger partial charge in [0.1, 0.15) is 17.7 Å². The summed E-state index contributed by atoms with van der Waals surface area (Å²) in [4.78, 5) is 21.0. The molecule has 0 bridgehead atoms. The van der Waals surface area contributed by atoms with E-state index in [1.807, 2.05) is 11.8 Å². The Morgan fingerprint density at radius 1 is 1.67 bits per heavy atom. The first-order valence-corrected chi connectivity index (χ1v) is 5.77. The van der Waals surface area contributed by atoms with Crippen molar-refractivity contribution >= 4 is 11.8 Å². The lowest BCUT2D eigenvalue weighted by atomic mass is 10.0. The number of carbonyl (C=O) groups is 1. The van der Waals surface area contributed by atoms with E-state index >= 15 is 0 Å². The van der Waals surface area contributed by atoms with E-state index in [0.717, 1.165) is 0 Å². The van der Waals surface area contributed by atoms with Gasteiger partial charge in [-0.1, -0.05) is 0 Å². The Kier molecular flexibility index (Phi) is 3.33. The minimum absolute atomic E-state index is 0.241. The Bertz CT molecular complexity index is 454. The Balaban J connectivity index is 2.14. The molecule has 1 atom stereocenters. The zero-order valence-corrected chi connectivity index (χ0v) is 10.2. The van der Waals surface area contributed by atoms with Crippen LogP contribution in [0, 0.1) is 0 Å². The minimum Gasteiger partial charge on any atom is -0.480 e. The van der Waals surface area contributed by atoms with Crippen LogP contribution in [0.15, 0.2) is 12.4 Å². The van der Waals surface area contributed by atoms with E-state index in [1.165, 1.54) is 6.33 Å². The fourth-order valence-corrected chi connectivity index (χ4v) is 1.93. The van der Waals surface area contributed by atoms with E-state index in [4.69, 9.17) is 15.6 Å². The molecule has 2 rings (SSSR count). The molecule has 1 aliphatic heterocycles. The first-order valence-electron chi connectivity index (χ1n) is 5.77.